The Kier molecular flexibility index (Phi) is 2.17. The van der Waals surface area contributed by atoms with Crippen molar-refractivity contribution in [3.05, 3.63) is 23.8 Å². The summed E-state index contributed by atoms with van der Waals surface area (Å²) in [6.45, 7) is 2.07. The number of allylic oxidation sites excluding steroid dienone is 2. The second-order valence-electron chi connectivity index (χ2n) is 3.27. The van der Waals surface area contributed by atoms with Crippen LogP contribution in [0.1, 0.15) is 6.92 Å². The number of nitrogens with one attached hydrogen (secondary N) is 2. The lowest BCUT2D eigenvalue weighted by Gasteiger charge is -2.34. The van der Waals surface area contributed by atoms with Crippen molar-refractivity contribution in [2.45, 2.75) is 19.0 Å². The van der Waals surface area contributed by atoms with Crippen LogP contribution in [0.2, 0.25) is 0 Å². The third-order valence-electron chi connectivity index (χ3n) is 2.20. The molecular weight excluding hydrogens is 200 g/mol. The van der Waals surface area contributed by atoms with Crippen molar-refractivity contribution in [2.75, 3.05) is 0 Å². The number of fused-ring (bicyclic) bond motifs is 1. The number of thiocarbonyl (C=S) groups is 2. The first-order valence-electron chi connectivity index (χ1n) is 4.15. The van der Waals surface area contributed by atoms with Gasteiger partial charge in [-0.2, -0.15) is 0 Å². The topological polar surface area (TPSA) is 24.1 Å². The van der Waals surface area contributed by atoms with Gasteiger partial charge in [0, 0.05) is 0 Å². The summed E-state index contributed by atoms with van der Waals surface area (Å²) in [4.78, 5) is 1.30. The molecule has 2 rings (SSSR count). The molecule has 1 aliphatic heterocycles. The van der Waals surface area contributed by atoms with E-state index >= 15 is 0 Å². The summed E-state index contributed by atoms with van der Waals surface area (Å²) in [5.74, 6) is 0. The van der Waals surface area contributed by atoms with Crippen molar-refractivity contribution < 1.29 is 0 Å². The zero-order valence-corrected chi connectivity index (χ0v) is 8.84. The minimum atomic E-state index is 0.253. The van der Waals surface area contributed by atoms with E-state index in [-0.39, 0.29) is 12.1 Å². The number of hydrogen-bond acceptors (Lipinski definition) is 2. The van der Waals surface area contributed by atoms with E-state index in [9.17, 15) is 0 Å². The smallest absolute Gasteiger partial charge is 0.134 e. The molecule has 2 atom stereocenters. The van der Waals surface area contributed by atoms with Gasteiger partial charge in [-0.25, -0.2) is 0 Å². The van der Waals surface area contributed by atoms with Crippen LogP contribution in [0.25, 0.3) is 0 Å². The number of rotatable bonds is 0. The van der Waals surface area contributed by atoms with Gasteiger partial charge in [-0.05, 0) is 6.92 Å². The normalized spacial score (nSPS) is 31.6. The molecule has 1 aliphatic carbocycles. The third-order valence-corrected chi connectivity index (χ3v) is 2.97. The summed E-state index contributed by atoms with van der Waals surface area (Å²) < 4.78 is 0. The Labute approximate surface area is 88.1 Å². The summed E-state index contributed by atoms with van der Waals surface area (Å²) >= 11 is 10.1. The molecule has 2 aliphatic rings. The van der Waals surface area contributed by atoms with E-state index in [1.807, 2.05) is 0 Å². The van der Waals surface area contributed by atoms with Crippen LogP contribution in [0.15, 0.2) is 23.8 Å². The molecular formula is C9H10N2S2. The van der Waals surface area contributed by atoms with Gasteiger partial charge in [0.15, 0.2) is 0 Å². The number of piperazine rings is 1. The van der Waals surface area contributed by atoms with Crippen molar-refractivity contribution in [3.63, 3.8) is 0 Å². The molecule has 4 heteroatoms. The summed E-state index contributed by atoms with van der Waals surface area (Å²) in [6, 6.07) is 0.507. The van der Waals surface area contributed by atoms with Crippen molar-refractivity contribution in [2.24, 2.45) is 0 Å². The van der Waals surface area contributed by atoms with Crippen LogP contribution in [0.3, 0.4) is 0 Å². The second-order valence-corrected chi connectivity index (χ2v) is 4.08. The summed E-state index contributed by atoms with van der Waals surface area (Å²) in [6.07, 6.45) is 6.36. The molecule has 1 heterocycles. The van der Waals surface area contributed by atoms with E-state index in [1.54, 1.807) is 0 Å². The van der Waals surface area contributed by atoms with Gasteiger partial charge in [0.25, 0.3) is 0 Å². The van der Waals surface area contributed by atoms with Gasteiger partial charge in [-0.3, -0.25) is 0 Å². The lowest BCUT2D eigenvalue weighted by atomic mass is 9.97. The van der Waals surface area contributed by atoms with Crippen LogP contribution in [-0.4, -0.2) is 22.1 Å². The van der Waals surface area contributed by atoms with Gasteiger partial charge in [-0.1, -0.05) is 48.2 Å². The molecule has 0 aromatic heterocycles. The quantitative estimate of drug-likeness (QED) is 0.584. The molecule has 2 nitrogen and oxygen atoms in total. The monoisotopic (exact) mass is 210 g/mol. The zero-order valence-electron chi connectivity index (χ0n) is 7.20. The summed E-state index contributed by atoms with van der Waals surface area (Å²) in [5.41, 5.74) is 1.26. The minimum Gasteiger partial charge on any atom is -0.365 e. The minimum absolute atomic E-state index is 0.253. The van der Waals surface area contributed by atoms with Crippen molar-refractivity contribution in [1.29, 1.82) is 0 Å². The molecule has 2 N–H and O–H groups in total. The molecule has 2 unspecified atom stereocenters. The highest BCUT2D eigenvalue weighted by molar-refractivity contribution is 7.89. The van der Waals surface area contributed by atoms with Gasteiger partial charge in [-0.15, -0.1) is 0 Å². The molecule has 1 saturated heterocycles. The molecule has 0 aromatic carbocycles. The molecule has 1 fully saturated rings. The van der Waals surface area contributed by atoms with Crippen molar-refractivity contribution >= 4 is 34.4 Å². The molecule has 0 bridgehead atoms. The van der Waals surface area contributed by atoms with Gasteiger partial charge in [0.05, 0.1) is 12.1 Å². The van der Waals surface area contributed by atoms with Crippen LogP contribution in [0.5, 0.6) is 0 Å². The predicted molar refractivity (Wildman–Crippen MR) is 61.9 cm³/mol. The molecule has 0 saturated carbocycles. The van der Waals surface area contributed by atoms with Crippen molar-refractivity contribution in [1.82, 2.24) is 10.6 Å². The SMILES string of the molecule is CC1=CC2NC(=S)C(=S)NC2C=C1. The first-order valence-corrected chi connectivity index (χ1v) is 4.96. The third kappa shape index (κ3) is 1.64. The lowest BCUT2D eigenvalue weighted by Crippen LogP contribution is -2.59. The largest absolute Gasteiger partial charge is 0.365 e. The fraction of sp³-hybridized carbons (Fsp3) is 0.333. The summed E-state index contributed by atoms with van der Waals surface area (Å²) in [5, 5.41) is 6.38. The standard InChI is InChI=1S/C9H10N2S2/c1-5-2-3-6-7(4-5)11-9(13)8(12)10-6/h2-4,6-7H,1H3,(H,10,12)(H,11,13). The van der Waals surface area contributed by atoms with Crippen LogP contribution < -0.4 is 10.6 Å². The van der Waals surface area contributed by atoms with E-state index in [0.29, 0.717) is 9.98 Å². The Balaban J connectivity index is 2.22. The first kappa shape index (κ1) is 8.84. The zero-order chi connectivity index (χ0) is 9.42. The van der Waals surface area contributed by atoms with E-state index in [4.69, 9.17) is 24.4 Å². The summed E-state index contributed by atoms with van der Waals surface area (Å²) in [7, 11) is 0. The van der Waals surface area contributed by atoms with Crippen molar-refractivity contribution in [3.8, 4) is 0 Å². The fourth-order valence-corrected chi connectivity index (χ4v) is 1.91. The van der Waals surface area contributed by atoms with Crippen LogP contribution in [-0.2, 0) is 0 Å². The Morgan fingerprint density at radius 1 is 1.15 bits per heavy atom. The Morgan fingerprint density at radius 3 is 2.46 bits per heavy atom. The lowest BCUT2D eigenvalue weighted by molar-refractivity contribution is 0.580. The van der Waals surface area contributed by atoms with E-state index in [2.05, 4.69) is 35.8 Å². The second kappa shape index (κ2) is 3.20. The molecule has 0 aromatic rings. The van der Waals surface area contributed by atoms with E-state index < -0.39 is 0 Å². The molecule has 0 spiro atoms. The maximum atomic E-state index is 5.07. The average molecular weight is 210 g/mol. The fourth-order valence-electron chi connectivity index (χ4n) is 1.52. The predicted octanol–water partition coefficient (Wildman–Crippen LogP) is 1.09. The highest BCUT2D eigenvalue weighted by Gasteiger charge is 2.27. The number of hydrogen-bond donors (Lipinski definition) is 2. The Hall–Kier alpha value is -0.740. The van der Waals surface area contributed by atoms with Gasteiger partial charge >= 0.3 is 0 Å². The molecule has 68 valence electrons. The van der Waals surface area contributed by atoms with Crippen LogP contribution >= 0.6 is 24.4 Å². The molecule has 0 radical (unpaired) electrons. The maximum Gasteiger partial charge on any atom is 0.134 e. The van der Waals surface area contributed by atoms with Crippen LogP contribution in [0, 0.1) is 0 Å². The average Bonchev–Trinajstić information content (AvgIpc) is 2.08. The first-order chi connectivity index (χ1) is 6.16. The molecule has 0 amide bonds. The van der Waals surface area contributed by atoms with Crippen LogP contribution in [0.4, 0.5) is 0 Å². The van der Waals surface area contributed by atoms with E-state index in [1.165, 1.54) is 5.57 Å². The van der Waals surface area contributed by atoms with Gasteiger partial charge in [0.2, 0.25) is 0 Å². The highest BCUT2D eigenvalue weighted by Crippen LogP contribution is 2.13. The Bertz CT molecular complexity index is 331. The maximum absolute atomic E-state index is 5.07. The Morgan fingerprint density at radius 2 is 1.77 bits per heavy atom. The van der Waals surface area contributed by atoms with E-state index in [0.717, 1.165) is 0 Å². The highest BCUT2D eigenvalue weighted by atomic mass is 32.1. The van der Waals surface area contributed by atoms with Gasteiger partial charge < -0.3 is 10.6 Å². The molecule has 13 heavy (non-hydrogen) atoms. The van der Waals surface area contributed by atoms with Gasteiger partial charge in [0.1, 0.15) is 9.98 Å².